The lowest BCUT2D eigenvalue weighted by atomic mass is 10.2. The summed E-state index contributed by atoms with van der Waals surface area (Å²) in [6.07, 6.45) is 0. The molecule has 4 N–H and O–H groups in total. The molecule has 2 aromatic carbocycles. The Balaban J connectivity index is 2.01. The lowest BCUT2D eigenvalue weighted by molar-refractivity contribution is 0.262. The van der Waals surface area contributed by atoms with Crippen LogP contribution in [0.4, 0.5) is 20.6 Å². The number of amides is 2. The Kier molecular flexibility index (Phi) is 4.32. The van der Waals surface area contributed by atoms with Crippen LogP contribution in [-0.4, -0.2) is 6.03 Å². The molecule has 0 saturated carbocycles. The summed E-state index contributed by atoms with van der Waals surface area (Å²) in [7, 11) is 0. The van der Waals surface area contributed by atoms with Crippen LogP contribution < -0.4 is 16.4 Å². The molecule has 2 amide bonds. The van der Waals surface area contributed by atoms with Crippen molar-refractivity contribution in [1.82, 2.24) is 0 Å². The van der Waals surface area contributed by atoms with E-state index in [4.69, 9.17) is 5.73 Å². The van der Waals surface area contributed by atoms with E-state index in [1.54, 1.807) is 25.1 Å². The number of nitrogens with one attached hydrogen (secondary N) is 2. The second-order valence-electron chi connectivity index (χ2n) is 4.46. The summed E-state index contributed by atoms with van der Waals surface area (Å²) in [5, 5.41) is 5.09. The van der Waals surface area contributed by atoms with Crippen molar-refractivity contribution in [3.05, 3.63) is 59.4 Å². The number of aryl methyl sites for hydroxylation is 1. The van der Waals surface area contributed by atoms with E-state index >= 15 is 0 Å². The first-order valence-corrected chi connectivity index (χ1v) is 6.21. The summed E-state index contributed by atoms with van der Waals surface area (Å²) >= 11 is 0. The van der Waals surface area contributed by atoms with Crippen LogP contribution >= 0.6 is 0 Å². The number of urea groups is 1. The number of carbonyl (C=O) groups is 1. The maximum absolute atomic E-state index is 13.6. The van der Waals surface area contributed by atoms with Crippen LogP contribution in [0, 0.1) is 12.7 Å². The van der Waals surface area contributed by atoms with E-state index in [9.17, 15) is 9.18 Å². The summed E-state index contributed by atoms with van der Waals surface area (Å²) in [5.74, 6) is -0.460. The van der Waals surface area contributed by atoms with Crippen molar-refractivity contribution in [2.24, 2.45) is 5.73 Å². The quantitative estimate of drug-likeness (QED) is 0.803. The molecule has 0 heterocycles. The van der Waals surface area contributed by atoms with Crippen molar-refractivity contribution in [3.8, 4) is 0 Å². The average molecular weight is 273 g/mol. The highest BCUT2D eigenvalue weighted by Gasteiger charge is 2.07. The molecule has 0 aromatic heterocycles. The van der Waals surface area contributed by atoms with Gasteiger partial charge in [-0.25, -0.2) is 9.18 Å². The molecule has 0 saturated heterocycles. The van der Waals surface area contributed by atoms with Gasteiger partial charge in [0.1, 0.15) is 5.82 Å². The highest BCUT2D eigenvalue weighted by Crippen LogP contribution is 2.16. The molecule has 0 aliphatic carbocycles. The molecule has 5 heteroatoms. The Morgan fingerprint density at radius 3 is 2.45 bits per heavy atom. The Bertz CT molecular complexity index is 611. The van der Waals surface area contributed by atoms with Gasteiger partial charge in [0.25, 0.3) is 0 Å². The van der Waals surface area contributed by atoms with E-state index in [2.05, 4.69) is 10.6 Å². The number of carbonyl (C=O) groups excluding carboxylic acids is 1. The minimum Gasteiger partial charge on any atom is -0.326 e. The molecule has 104 valence electrons. The van der Waals surface area contributed by atoms with Gasteiger partial charge in [0.05, 0.1) is 5.69 Å². The van der Waals surface area contributed by atoms with E-state index in [1.807, 2.05) is 12.1 Å². The number of halogens is 1. The van der Waals surface area contributed by atoms with Gasteiger partial charge in [-0.05, 0) is 42.3 Å². The fraction of sp³-hybridized carbons (Fsp3) is 0.133. The lowest BCUT2D eigenvalue weighted by Gasteiger charge is -2.09. The van der Waals surface area contributed by atoms with Crippen LogP contribution in [0.2, 0.25) is 0 Å². The van der Waals surface area contributed by atoms with Gasteiger partial charge in [0.15, 0.2) is 0 Å². The van der Waals surface area contributed by atoms with Crippen LogP contribution in [-0.2, 0) is 6.54 Å². The van der Waals surface area contributed by atoms with E-state index in [0.29, 0.717) is 12.2 Å². The third-order valence-electron chi connectivity index (χ3n) is 2.82. The molecular weight excluding hydrogens is 257 g/mol. The zero-order valence-corrected chi connectivity index (χ0v) is 11.1. The van der Waals surface area contributed by atoms with E-state index < -0.39 is 11.8 Å². The smallest absolute Gasteiger partial charge is 0.323 e. The summed E-state index contributed by atoms with van der Waals surface area (Å²) < 4.78 is 13.6. The van der Waals surface area contributed by atoms with Crippen molar-refractivity contribution in [2.75, 3.05) is 10.6 Å². The van der Waals surface area contributed by atoms with Gasteiger partial charge < -0.3 is 16.4 Å². The van der Waals surface area contributed by atoms with E-state index in [-0.39, 0.29) is 5.69 Å². The second-order valence-corrected chi connectivity index (χ2v) is 4.46. The Morgan fingerprint density at radius 2 is 1.85 bits per heavy atom. The lowest BCUT2D eigenvalue weighted by Crippen LogP contribution is -2.20. The first-order chi connectivity index (χ1) is 9.58. The molecule has 0 unspecified atom stereocenters. The maximum Gasteiger partial charge on any atom is 0.323 e. The van der Waals surface area contributed by atoms with Crippen LogP contribution in [0.1, 0.15) is 11.1 Å². The van der Waals surface area contributed by atoms with Gasteiger partial charge in [-0.2, -0.15) is 0 Å². The Morgan fingerprint density at radius 1 is 1.15 bits per heavy atom. The predicted octanol–water partition coefficient (Wildman–Crippen LogP) is 3.24. The number of nitrogens with two attached hydrogens (primary N) is 1. The monoisotopic (exact) mass is 273 g/mol. The average Bonchev–Trinajstić information content (AvgIpc) is 2.43. The zero-order chi connectivity index (χ0) is 14.5. The molecule has 0 spiro atoms. The highest BCUT2D eigenvalue weighted by molar-refractivity contribution is 5.99. The topological polar surface area (TPSA) is 67.2 Å². The van der Waals surface area contributed by atoms with Crippen LogP contribution in [0.5, 0.6) is 0 Å². The molecule has 20 heavy (non-hydrogen) atoms. The normalized spacial score (nSPS) is 10.2. The summed E-state index contributed by atoms with van der Waals surface area (Å²) in [6.45, 7) is 2.23. The first-order valence-electron chi connectivity index (χ1n) is 6.21. The molecule has 2 aromatic rings. The minimum absolute atomic E-state index is 0.145. The number of benzene rings is 2. The fourth-order valence-electron chi connectivity index (χ4n) is 1.73. The van der Waals surface area contributed by atoms with E-state index in [0.717, 1.165) is 11.1 Å². The zero-order valence-electron chi connectivity index (χ0n) is 11.1. The van der Waals surface area contributed by atoms with Gasteiger partial charge in [-0.15, -0.1) is 0 Å². The van der Waals surface area contributed by atoms with Gasteiger partial charge >= 0.3 is 6.03 Å². The third kappa shape index (κ3) is 3.55. The molecule has 2 rings (SSSR count). The maximum atomic E-state index is 13.6. The predicted molar refractivity (Wildman–Crippen MR) is 78.1 cm³/mol. The minimum atomic E-state index is -0.492. The molecular formula is C15H16FN3O. The molecule has 0 aliphatic rings. The van der Waals surface area contributed by atoms with Crippen molar-refractivity contribution in [1.29, 1.82) is 0 Å². The summed E-state index contributed by atoms with van der Waals surface area (Å²) in [4.78, 5) is 11.8. The third-order valence-corrected chi connectivity index (χ3v) is 2.82. The SMILES string of the molecule is Cc1ccc(NC(=O)Nc2ccc(CN)cc2)c(F)c1. The van der Waals surface area contributed by atoms with Crippen LogP contribution in [0.15, 0.2) is 42.5 Å². The summed E-state index contributed by atoms with van der Waals surface area (Å²) in [5.41, 5.74) is 8.02. The first kappa shape index (κ1) is 14.0. The summed E-state index contributed by atoms with van der Waals surface area (Å²) in [6, 6.07) is 11.3. The van der Waals surface area contributed by atoms with E-state index in [1.165, 1.54) is 12.1 Å². The van der Waals surface area contributed by atoms with Crippen molar-refractivity contribution < 1.29 is 9.18 Å². The molecule has 0 bridgehead atoms. The van der Waals surface area contributed by atoms with Crippen molar-refractivity contribution in [2.45, 2.75) is 13.5 Å². The molecule has 0 fully saturated rings. The Labute approximate surface area is 116 Å². The van der Waals surface area contributed by atoms with Crippen molar-refractivity contribution >= 4 is 17.4 Å². The molecule has 4 nitrogen and oxygen atoms in total. The fourth-order valence-corrected chi connectivity index (χ4v) is 1.73. The van der Waals surface area contributed by atoms with Crippen LogP contribution in [0.3, 0.4) is 0 Å². The van der Waals surface area contributed by atoms with Gasteiger partial charge in [-0.3, -0.25) is 0 Å². The molecule has 0 radical (unpaired) electrons. The van der Waals surface area contributed by atoms with Crippen LogP contribution in [0.25, 0.3) is 0 Å². The number of rotatable bonds is 3. The van der Waals surface area contributed by atoms with Gasteiger partial charge in [0, 0.05) is 12.2 Å². The second kappa shape index (κ2) is 6.16. The Hall–Kier alpha value is -2.40. The number of hydrogen-bond donors (Lipinski definition) is 3. The number of hydrogen-bond acceptors (Lipinski definition) is 2. The number of anilines is 2. The largest absolute Gasteiger partial charge is 0.326 e. The van der Waals surface area contributed by atoms with Gasteiger partial charge in [-0.1, -0.05) is 18.2 Å². The highest BCUT2D eigenvalue weighted by atomic mass is 19.1. The van der Waals surface area contributed by atoms with Gasteiger partial charge in [0.2, 0.25) is 0 Å². The van der Waals surface area contributed by atoms with Crippen molar-refractivity contribution in [3.63, 3.8) is 0 Å². The molecule has 0 aliphatic heterocycles. The standard InChI is InChI=1S/C15H16FN3O/c1-10-2-7-14(13(16)8-10)19-15(20)18-12-5-3-11(9-17)4-6-12/h2-8H,9,17H2,1H3,(H2,18,19,20). The molecule has 0 atom stereocenters.